The molecule has 0 bridgehead atoms. The second-order valence-corrected chi connectivity index (χ2v) is 11.4. The fourth-order valence-electron chi connectivity index (χ4n) is 4.16. The molecule has 0 aliphatic carbocycles. The number of para-hydroxylation sites is 1. The van der Waals surface area contributed by atoms with Crippen LogP contribution in [0.2, 0.25) is 10.0 Å². The maximum atomic E-state index is 12.6. The molecule has 1 heterocycles. The van der Waals surface area contributed by atoms with Crippen LogP contribution in [0.15, 0.2) is 71.6 Å². The van der Waals surface area contributed by atoms with Crippen molar-refractivity contribution in [3.05, 3.63) is 93.5 Å². The second kappa shape index (κ2) is 14.6. The molecule has 0 radical (unpaired) electrons. The van der Waals surface area contributed by atoms with Crippen molar-refractivity contribution in [3.63, 3.8) is 0 Å². The summed E-state index contributed by atoms with van der Waals surface area (Å²) in [4.78, 5) is 26.7. The highest BCUT2D eigenvalue weighted by Gasteiger charge is 2.21. The highest BCUT2D eigenvalue weighted by Crippen LogP contribution is 2.24. The highest BCUT2D eigenvalue weighted by molar-refractivity contribution is 7.86. The van der Waals surface area contributed by atoms with Crippen LogP contribution in [-0.2, 0) is 27.9 Å². The van der Waals surface area contributed by atoms with E-state index in [1.807, 2.05) is 12.1 Å². The number of nitrogens with one attached hydrogen (secondary N) is 3. The first-order chi connectivity index (χ1) is 19.1. The Balaban J connectivity index is 0.00000462. The smallest absolute Gasteiger partial charge is 0.315 e. The summed E-state index contributed by atoms with van der Waals surface area (Å²) in [5.74, 6) is -0.547. The molecule has 41 heavy (non-hydrogen) atoms. The van der Waals surface area contributed by atoms with Gasteiger partial charge in [0, 0.05) is 38.3 Å². The molecular weight excluding hydrogens is 595 g/mol. The number of nitrogens with zero attached hydrogens (tertiary/aromatic N) is 1. The third-order valence-electron chi connectivity index (χ3n) is 6.19. The molecule has 0 aromatic heterocycles. The zero-order valence-corrected chi connectivity index (χ0v) is 24.1. The SMILES string of the molecule is O.O=C(NCc1ccc(C(=O)Nc2ccccc2S(=O)(=O)O)cc1)NC[C@H]1CN(Cc2ccc(Cl)c(Cl)c2)CCO1. The summed E-state index contributed by atoms with van der Waals surface area (Å²) in [6, 6.07) is 17.2. The van der Waals surface area contributed by atoms with Crippen LogP contribution in [0, 0.1) is 0 Å². The normalized spacial score (nSPS) is 15.4. The Morgan fingerprint density at radius 3 is 2.39 bits per heavy atom. The van der Waals surface area contributed by atoms with Crippen LogP contribution >= 0.6 is 23.2 Å². The number of morpholine rings is 1. The maximum absolute atomic E-state index is 12.6. The topological polar surface area (TPSA) is 169 Å². The molecule has 4 rings (SSSR count). The molecule has 220 valence electrons. The molecular formula is C27H30Cl2N4O7S. The molecule has 1 fully saturated rings. The van der Waals surface area contributed by atoms with Crippen molar-refractivity contribution in [1.82, 2.24) is 15.5 Å². The molecule has 3 amide bonds. The summed E-state index contributed by atoms with van der Waals surface area (Å²) >= 11 is 12.1. The fraction of sp³-hybridized carbons (Fsp3) is 0.259. The maximum Gasteiger partial charge on any atom is 0.315 e. The van der Waals surface area contributed by atoms with Gasteiger partial charge in [-0.25, -0.2) is 4.79 Å². The Bertz CT molecular complexity index is 1470. The average molecular weight is 626 g/mol. The zero-order valence-electron chi connectivity index (χ0n) is 21.8. The van der Waals surface area contributed by atoms with Crippen molar-refractivity contribution in [3.8, 4) is 0 Å². The van der Waals surface area contributed by atoms with Gasteiger partial charge in [0.15, 0.2) is 0 Å². The van der Waals surface area contributed by atoms with E-state index in [0.717, 1.165) is 17.7 Å². The van der Waals surface area contributed by atoms with E-state index in [1.165, 1.54) is 24.3 Å². The number of amides is 3. The lowest BCUT2D eigenvalue weighted by molar-refractivity contribution is -0.0287. The monoisotopic (exact) mass is 624 g/mol. The minimum atomic E-state index is -4.49. The molecule has 0 unspecified atom stereocenters. The van der Waals surface area contributed by atoms with Crippen LogP contribution in [0.5, 0.6) is 0 Å². The van der Waals surface area contributed by atoms with Crippen LogP contribution in [0.1, 0.15) is 21.5 Å². The first kappa shape index (κ1) is 32.3. The number of ether oxygens (including phenoxy) is 1. The highest BCUT2D eigenvalue weighted by atomic mass is 35.5. The molecule has 3 aromatic carbocycles. The largest absolute Gasteiger partial charge is 0.412 e. The third kappa shape index (κ3) is 9.40. The number of carbonyl (C=O) groups is 2. The van der Waals surface area contributed by atoms with E-state index in [9.17, 15) is 22.6 Å². The van der Waals surface area contributed by atoms with Gasteiger partial charge in [0.25, 0.3) is 16.0 Å². The van der Waals surface area contributed by atoms with Gasteiger partial charge in [-0.2, -0.15) is 8.42 Å². The third-order valence-corrected chi connectivity index (χ3v) is 7.84. The fourth-order valence-corrected chi connectivity index (χ4v) is 5.13. The predicted octanol–water partition coefficient (Wildman–Crippen LogP) is 3.37. The van der Waals surface area contributed by atoms with E-state index in [1.54, 1.807) is 30.3 Å². The Morgan fingerprint density at radius 1 is 0.976 bits per heavy atom. The summed E-state index contributed by atoms with van der Waals surface area (Å²) in [5, 5.41) is 9.12. The molecule has 1 aliphatic rings. The van der Waals surface area contributed by atoms with Crippen molar-refractivity contribution < 1.29 is 32.8 Å². The molecule has 11 nitrogen and oxygen atoms in total. The number of benzene rings is 3. The van der Waals surface area contributed by atoms with E-state index in [4.69, 9.17) is 27.9 Å². The van der Waals surface area contributed by atoms with E-state index < -0.39 is 20.9 Å². The van der Waals surface area contributed by atoms with Gasteiger partial charge in [-0.3, -0.25) is 14.2 Å². The van der Waals surface area contributed by atoms with Crippen LogP contribution in [-0.4, -0.2) is 67.6 Å². The van der Waals surface area contributed by atoms with E-state index in [0.29, 0.717) is 36.3 Å². The Hall–Kier alpha value is -3.23. The van der Waals surface area contributed by atoms with Gasteiger partial charge in [0.05, 0.1) is 28.4 Å². The zero-order chi connectivity index (χ0) is 28.7. The van der Waals surface area contributed by atoms with E-state index in [2.05, 4.69) is 20.9 Å². The summed E-state index contributed by atoms with van der Waals surface area (Å²) in [7, 11) is -4.49. The predicted molar refractivity (Wildman–Crippen MR) is 156 cm³/mol. The first-order valence-electron chi connectivity index (χ1n) is 12.3. The molecule has 6 N–H and O–H groups in total. The lowest BCUT2D eigenvalue weighted by Crippen LogP contribution is -2.48. The number of halogens is 2. The molecule has 0 spiro atoms. The van der Waals surface area contributed by atoms with Gasteiger partial charge in [0.1, 0.15) is 4.90 Å². The standard InChI is InChI=1S/C27H28Cl2N4O6S.H2O/c28-22-10-7-19(13-23(22)29)16-33-11-12-39-21(17-33)15-31-27(35)30-14-18-5-8-20(9-6-18)26(34)32-24-3-1-2-4-25(24)40(36,37)38;/h1-10,13,21H,11-12,14-17H2,(H,32,34)(H2,30,31,35)(H,36,37,38);1H2/t21-;/m0./s1. The Kier molecular flexibility index (Phi) is 11.5. The van der Waals surface area contributed by atoms with Gasteiger partial charge in [-0.1, -0.05) is 53.5 Å². The number of carbonyl (C=O) groups excluding carboxylic acids is 2. The Morgan fingerprint density at radius 2 is 1.68 bits per heavy atom. The van der Waals surface area contributed by atoms with Crippen molar-refractivity contribution in [2.75, 3.05) is 31.6 Å². The molecule has 1 atom stereocenters. The van der Waals surface area contributed by atoms with Crippen LogP contribution in [0.4, 0.5) is 10.5 Å². The molecule has 3 aromatic rings. The number of anilines is 1. The van der Waals surface area contributed by atoms with Gasteiger partial charge in [0.2, 0.25) is 0 Å². The quantitative estimate of drug-likeness (QED) is 0.264. The molecule has 14 heteroatoms. The summed E-state index contributed by atoms with van der Waals surface area (Å²) < 4.78 is 38.2. The Labute approximate surface area is 247 Å². The van der Waals surface area contributed by atoms with Gasteiger partial charge in [-0.15, -0.1) is 0 Å². The minimum Gasteiger partial charge on any atom is -0.412 e. The summed E-state index contributed by atoms with van der Waals surface area (Å²) in [6.07, 6.45) is -0.161. The van der Waals surface area contributed by atoms with Gasteiger partial charge < -0.3 is 26.2 Å². The van der Waals surface area contributed by atoms with Crippen molar-refractivity contribution in [2.45, 2.75) is 24.1 Å². The lowest BCUT2D eigenvalue weighted by Gasteiger charge is -2.33. The summed E-state index contributed by atoms with van der Waals surface area (Å²) in [5.41, 5.74) is 2.05. The number of urea groups is 1. The van der Waals surface area contributed by atoms with Crippen LogP contribution in [0.25, 0.3) is 0 Å². The van der Waals surface area contributed by atoms with Crippen molar-refractivity contribution in [1.29, 1.82) is 0 Å². The average Bonchev–Trinajstić information content (AvgIpc) is 2.93. The lowest BCUT2D eigenvalue weighted by atomic mass is 10.1. The second-order valence-electron chi connectivity index (χ2n) is 9.16. The van der Waals surface area contributed by atoms with E-state index in [-0.39, 0.29) is 35.4 Å². The number of hydrogen-bond donors (Lipinski definition) is 4. The van der Waals surface area contributed by atoms with Crippen molar-refractivity contribution >= 4 is 50.9 Å². The van der Waals surface area contributed by atoms with Crippen LogP contribution in [0.3, 0.4) is 0 Å². The van der Waals surface area contributed by atoms with E-state index >= 15 is 0 Å². The van der Waals surface area contributed by atoms with Crippen LogP contribution < -0.4 is 16.0 Å². The molecule has 1 saturated heterocycles. The minimum absolute atomic E-state index is 0. The summed E-state index contributed by atoms with van der Waals surface area (Å²) in [6.45, 7) is 3.24. The first-order valence-corrected chi connectivity index (χ1v) is 14.5. The van der Waals surface area contributed by atoms with Gasteiger partial charge in [-0.05, 0) is 47.5 Å². The molecule has 0 saturated carbocycles. The number of rotatable bonds is 9. The van der Waals surface area contributed by atoms with Gasteiger partial charge >= 0.3 is 6.03 Å². The number of hydrogen-bond acceptors (Lipinski definition) is 6. The van der Waals surface area contributed by atoms with Crippen molar-refractivity contribution in [2.24, 2.45) is 0 Å². The molecule has 1 aliphatic heterocycles.